The van der Waals surface area contributed by atoms with Gasteiger partial charge in [-0.2, -0.15) is 0 Å². The summed E-state index contributed by atoms with van der Waals surface area (Å²) >= 11 is 5.88. The van der Waals surface area contributed by atoms with Gasteiger partial charge >= 0.3 is 0 Å². The fourth-order valence-corrected chi connectivity index (χ4v) is 2.04. The third-order valence-corrected chi connectivity index (χ3v) is 2.92. The monoisotopic (exact) mass is 268 g/mol. The molecule has 6 nitrogen and oxygen atoms in total. The Balaban J connectivity index is 2.35. The van der Waals surface area contributed by atoms with Crippen molar-refractivity contribution in [2.45, 2.75) is 13.3 Å². The zero-order chi connectivity index (χ0) is 13.1. The first-order chi connectivity index (χ1) is 8.58. The van der Waals surface area contributed by atoms with Gasteiger partial charge in [0.25, 0.3) is 6.54 Å². The fraction of sp³-hybridized carbons (Fsp3) is 0.455. The van der Waals surface area contributed by atoms with Gasteiger partial charge in [-0.15, -0.1) is 0 Å². The predicted molar refractivity (Wildman–Crippen MR) is 70.1 cm³/mol. The highest BCUT2D eigenvalue weighted by Gasteiger charge is 2.23. The molecule has 0 aromatic carbocycles. The van der Waals surface area contributed by atoms with Crippen LogP contribution in [0.2, 0.25) is 5.15 Å². The van der Waals surface area contributed by atoms with E-state index in [9.17, 15) is 10.1 Å². The van der Waals surface area contributed by atoms with Crippen molar-refractivity contribution in [3.05, 3.63) is 33.0 Å². The number of nitrogens with zero attached hydrogens (tertiary/aromatic N) is 4. The standard InChI is InChI=1S/C11H13ClN4O2/c1-8-3-4-9(12)14-11(8)15-6-2-5-13-10(15)7-16(17)18/h3-4H,2,5-7H2,1H3. The largest absolute Gasteiger partial charge is 0.309 e. The number of anilines is 1. The molecular formula is C11H13ClN4O2. The molecule has 96 valence electrons. The molecule has 2 heterocycles. The van der Waals surface area contributed by atoms with Gasteiger partial charge in [0.2, 0.25) is 0 Å². The van der Waals surface area contributed by atoms with Crippen molar-refractivity contribution in [3.63, 3.8) is 0 Å². The molecule has 2 rings (SSSR count). The van der Waals surface area contributed by atoms with Crippen molar-refractivity contribution in [3.8, 4) is 0 Å². The van der Waals surface area contributed by atoms with E-state index in [2.05, 4.69) is 9.98 Å². The van der Waals surface area contributed by atoms with Gasteiger partial charge in [0.1, 0.15) is 11.0 Å². The second kappa shape index (κ2) is 5.30. The van der Waals surface area contributed by atoms with Gasteiger partial charge in [0.05, 0.1) is 0 Å². The Bertz CT molecular complexity index is 504. The van der Waals surface area contributed by atoms with Crippen LogP contribution in [0.15, 0.2) is 17.1 Å². The van der Waals surface area contributed by atoms with Gasteiger partial charge in [-0.3, -0.25) is 15.1 Å². The number of rotatable bonds is 3. The van der Waals surface area contributed by atoms with Crippen LogP contribution in [0, 0.1) is 17.0 Å². The van der Waals surface area contributed by atoms with E-state index >= 15 is 0 Å². The molecular weight excluding hydrogens is 256 g/mol. The second-order valence-electron chi connectivity index (χ2n) is 4.07. The number of amidine groups is 1. The highest BCUT2D eigenvalue weighted by atomic mass is 35.5. The second-order valence-corrected chi connectivity index (χ2v) is 4.46. The molecule has 0 fully saturated rings. The summed E-state index contributed by atoms with van der Waals surface area (Å²) in [6.45, 7) is 2.92. The van der Waals surface area contributed by atoms with Gasteiger partial charge in [0.15, 0.2) is 5.84 Å². The minimum atomic E-state index is -0.378. The number of aliphatic imine (C=N–C) groups is 1. The maximum Gasteiger partial charge on any atom is 0.260 e. The van der Waals surface area contributed by atoms with Crippen molar-refractivity contribution in [1.29, 1.82) is 0 Å². The first kappa shape index (κ1) is 12.8. The van der Waals surface area contributed by atoms with Crippen molar-refractivity contribution < 1.29 is 4.92 Å². The van der Waals surface area contributed by atoms with Crippen molar-refractivity contribution in [1.82, 2.24) is 4.98 Å². The predicted octanol–water partition coefficient (Wildman–Crippen LogP) is 1.93. The maximum atomic E-state index is 10.6. The van der Waals surface area contributed by atoms with Crippen LogP contribution in [0.4, 0.5) is 5.82 Å². The van der Waals surface area contributed by atoms with Gasteiger partial charge < -0.3 is 4.90 Å². The summed E-state index contributed by atoms with van der Waals surface area (Å²) < 4.78 is 0. The molecule has 0 atom stereocenters. The Morgan fingerprint density at radius 1 is 1.56 bits per heavy atom. The third-order valence-electron chi connectivity index (χ3n) is 2.71. The Labute approximate surface area is 109 Å². The van der Waals surface area contributed by atoms with E-state index in [4.69, 9.17) is 11.6 Å². The zero-order valence-electron chi connectivity index (χ0n) is 9.97. The van der Waals surface area contributed by atoms with Gasteiger partial charge in [0, 0.05) is 18.0 Å². The molecule has 0 bridgehead atoms. The lowest BCUT2D eigenvalue weighted by molar-refractivity contribution is -0.463. The maximum absolute atomic E-state index is 10.6. The van der Waals surface area contributed by atoms with Crippen molar-refractivity contribution in [2.75, 3.05) is 24.5 Å². The highest BCUT2D eigenvalue weighted by Crippen LogP contribution is 2.22. The number of halogens is 1. The smallest absolute Gasteiger partial charge is 0.260 e. The Hall–Kier alpha value is -1.69. The number of pyridine rings is 1. The quantitative estimate of drug-likeness (QED) is 0.477. The first-order valence-corrected chi connectivity index (χ1v) is 6.01. The van der Waals surface area contributed by atoms with Crippen molar-refractivity contribution >= 4 is 23.3 Å². The molecule has 1 aromatic heterocycles. The van der Waals surface area contributed by atoms with Gasteiger partial charge in [-0.05, 0) is 25.0 Å². The number of hydrogen-bond donors (Lipinski definition) is 0. The third kappa shape index (κ3) is 2.76. The van der Waals surface area contributed by atoms with E-state index in [-0.39, 0.29) is 11.5 Å². The molecule has 0 unspecified atom stereocenters. The zero-order valence-corrected chi connectivity index (χ0v) is 10.7. The van der Waals surface area contributed by atoms with E-state index in [1.54, 1.807) is 11.0 Å². The molecule has 1 aliphatic rings. The Morgan fingerprint density at radius 2 is 2.33 bits per heavy atom. The van der Waals surface area contributed by atoms with Crippen LogP contribution in [0.1, 0.15) is 12.0 Å². The number of hydrogen-bond acceptors (Lipinski definition) is 5. The Kier molecular flexibility index (Phi) is 3.76. The van der Waals surface area contributed by atoms with Gasteiger partial charge in [-0.1, -0.05) is 17.7 Å². The summed E-state index contributed by atoms with van der Waals surface area (Å²) in [5, 5.41) is 11.0. The van der Waals surface area contributed by atoms with E-state index < -0.39 is 0 Å². The number of nitro groups is 1. The SMILES string of the molecule is Cc1ccc(Cl)nc1N1CCCN=C1C[N+](=O)[O-]. The van der Waals surface area contributed by atoms with Crippen LogP contribution in [0.25, 0.3) is 0 Å². The fourth-order valence-electron chi connectivity index (χ4n) is 1.90. The van der Waals surface area contributed by atoms with E-state index in [1.807, 2.05) is 13.0 Å². The first-order valence-electron chi connectivity index (χ1n) is 5.64. The minimum absolute atomic E-state index is 0.284. The molecule has 0 amide bonds. The molecule has 0 aliphatic carbocycles. The lowest BCUT2D eigenvalue weighted by atomic mass is 10.2. The van der Waals surface area contributed by atoms with Crippen LogP contribution < -0.4 is 4.90 Å². The van der Waals surface area contributed by atoms with Crippen LogP contribution in [0.3, 0.4) is 0 Å². The molecule has 7 heteroatoms. The average molecular weight is 269 g/mol. The summed E-state index contributed by atoms with van der Waals surface area (Å²) in [6.07, 6.45) is 0.856. The van der Waals surface area contributed by atoms with Crippen molar-refractivity contribution in [2.24, 2.45) is 4.99 Å². The normalized spacial score (nSPS) is 15.4. The van der Waals surface area contributed by atoms with Crippen LogP contribution in [0.5, 0.6) is 0 Å². The van der Waals surface area contributed by atoms with E-state index in [0.717, 1.165) is 12.0 Å². The van der Waals surface area contributed by atoms with Gasteiger partial charge in [-0.25, -0.2) is 4.98 Å². The number of aryl methyl sites for hydroxylation is 1. The summed E-state index contributed by atoms with van der Waals surface area (Å²) in [7, 11) is 0. The topological polar surface area (TPSA) is 71.6 Å². The molecule has 1 aliphatic heterocycles. The molecule has 0 saturated heterocycles. The molecule has 0 radical (unpaired) electrons. The number of aromatic nitrogens is 1. The molecule has 18 heavy (non-hydrogen) atoms. The Morgan fingerprint density at radius 3 is 3.06 bits per heavy atom. The van der Waals surface area contributed by atoms with E-state index in [0.29, 0.717) is 29.9 Å². The minimum Gasteiger partial charge on any atom is -0.309 e. The summed E-state index contributed by atoms with van der Waals surface area (Å²) in [6, 6.07) is 3.55. The summed E-state index contributed by atoms with van der Waals surface area (Å²) in [5.74, 6) is 1.10. The van der Waals surface area contributed by atoms with Crippen LogP contribution in [-0.4, -0.2) is 35.4 Å². The lowest BCUT2D eigenvalue weighted by Crippen LogP contribution is -2.40. The summed E-state index contributed by atoms with van der Waals surface area (Å²) in [4.78, 5) is 20.5. The molecule has 1 aromatic rings. The van der Waals surface area contributed by atoms with E-state index in [1.165, 1.54) is 0 Å². The molecule has 0 saturated carbocycles. The van der Waals surface area contributed by atoms with Crippen LogP contribution in [-0.2, 0) is 0 Å². The van der Waals surface area contributed by atoms with Crippen LogP contribution >= 0.6 is 11.6 Å². The average Bonchev–Trinajstić information content (AvgIpc) is 2.32. The summed E-state index contributed by atoms with van der Waals surface area (Å²) in [5.41, 5.74) is 0.928. The molecule has 0 spiro atoms. The lowest BCUT2D eigenvalue weighted by Gasteiger charge is -2.27. The molecule has 0 N–H and O–H groups in total. The highest BCUT2D eigenvalue weighted by molar-refractivity contribution is 6.29.